The molecule has 8 heteroatoms. The summed E-state index contributed by atoms with van der Waals surface area (Å²) < 4.78 is 0.427. The Labute approximate surface area is 131 Å². The van der Waals surface area contributed by atoms with Gasteiger partial charge in [0, 0.05) is 18.3 Å². The zero-order chi connectivity index (χ0) is 15.4. The van der Waals surface area contributed by atoms with Crippen molar-refractivity contribution in [1.82, 2.24) is 4.90 Å². The van der Waals surface area contributed by atoms with Gasteiger partial charge < -0.3 is 10.6 Å². The zero-order valence-electron chi connectivity index (χ0n) is 11.2. The fourth-order valence-electron chi connectivity index (χ4n) is 1.72. The summed E-state index contributed by atoms with van der Waals surface area (Å²) in [5.74, 6) is -0.343. The van der Waals surface area contributed by atoms with Crippen LogP contribution in [0.1, 0.15) is 6.92 Å². The van der Waals surface area contributed by atoms with Gasteiger partial charge in [-0.3, -0.25) is 19.3 Å². The lowest BCUT2D eigenvalue weighted by Crippen LogP contribution is -2.36. The molecular formula is C13H13N3O3S2. The first-order valence-corrected chi connectivity index (χ1v) is 7.50. The summed E-state index contributed by atoms with van der Waals surface area (Å²) in [5.41, 5.74) is 1.23. The Morgan fingerprint density at radius 3 is 2.29 bits per heavy atom. The Kier molecular flexibility index (Phi) is 4.92. The highest BCUT2D eigenvalue weighted by molar-refractivity contribution is 8.23. The molecule has 1 fully saturated rings. The molecule has 1 heterocycles. The number of rotatable bonds is 4. The molecule has 2 rings (SSSR count). The van der Waals surface area contributed by atoms with Crippen molar-refractivity contribution in [2.45, 2.75) is 6.92 Å². The van der Waals surface area contributed by atoms with Gasteiger partial charge in [0.1, 0.15) is 10.9 Å². The molecule has 6 nitrogen and oxygen atoms in total. The van der Waals surface area contributed by atoms with E-state index in [9.17, 15) is 14.4 Å². The number of nitrogens with zero attached hydrogens (tertiary/aromatic N) is 1. The smallest absolute Gasteiger partial charge is 0.244 e. The molecule has 1 aliphatic rings. The SMILES string of the molecule is CC(=O)Nc1ccc(NC(=O)CN2C(=O)CSC2=S)cc1. The molecular weight excluding hydrogens is 310 g/mol. The molecule has 3 amide bonds. The number of carbonyl (C=O) groups excluding carboxylic acids is 3. The van der Waals surface area contributed by atoms with E-state index in [0.29, 0.717) is 15.7 Å². The lowest BCUT2D eigenvalue weighted by molar-refractivity contribution is -0.128. The minimum absolute atomic E-state index is 0.0852. The van der Waals surface area contributed by atoms with Gasteiger partial charge in [-0.15, -0.1) is 0 Å². The van der Waals surface area contributed by atoms with E-state index in [-0.39, 0.29) is 30.0 Å². The summed E-state index contributed by atoms with van der Waals surface area (Å²) in [7, 11) is 0. The summed E-state index contributed by atoms with van der Waals surface area (Å²) >= 11 is 6.26. The van der Waals surface area contributed by atoms with Gasteiger partial charge in [-0.2, -0.15) is 0 Å². The summed E-state index contributed by atoms with van der Waals surface area (Å²) in [6.07, 6.45) is 0. The third kappa shape index (κ3) is 4.27. The molecule has 0 spiro atoms. The number of hydrogen-bond acceptors (Lipinski definition) is 5. The molecule has 1 aromatic rings. The number of nitrogens with one attached hydrogen (secondary N) is 2. The predicted octanol–water partition coefficient (Wildman–Crippen LogP) is 1.44. The van der Waals surface area contributed by atoms with Crippen molar-refractivity contribution in [1.29, 1.82) is 0 Å². The molecule has 0 saturated carbocycles. The summed E-state index contributed by atoms with van der Waals surface area (Å²) in [5, 5.41) is 5.31. The topological polar surface area (TPSA) is 78.5 Å². The number of amides is 3. The van der Waals surface area contributed by atoms with E-state index in [0.717, 1.165) is 0 Å². The quantitative estimate of drug-likeness (QED) is 0.820. The first kappa shape index (κ1) is 15.5. The molecule has 110 valence electrons. The number of carbonyl (C=O) groups is 3. The number of anilines is 2. The van der Waals surface area contributed by atoms with E-state index >= 15 is 0 Å². The van der Waals surface area contributed by atoms with Crippen LogP contribution < -0.4 is 10.6 Å². The van der Waals surface area contributed by atoms with Gasteiger partial charge in [0.15, 0.2) is 0 Å². The summed E-state index contributed by atoms with van der Waals surface area (Å²) in [6.45, 7) is 1.34. The van der Waals surface area contributed by atoms with Crippen molar-refractivity contribution in [2.24, 2.45) is 0 Å². The van der Waals surface area contributed by atoms with Crippen LogP contribution in [0.15, 0.2) is 24.3 Å². The standard InChI is InChI=1S/C13H13N3O3S2/c1-8(17)14-9-2-4-10(5-3-9)15-11(18)6-16-12(19)7-21-13(16)20/h2-5H,6-7H2,1H3,(H,14,17)(H,15,18). The van der Waals surface area contributed by atoms with Crippen LogP contribution in [0.25, 0.3) is 0 Å². The van der Waals surface area contributed by atoms with E-state index in [1.807, 2.05) is 0 Å². The Bertz CT molecular complexity index is 585. The molecule has 0 atom stereocenters. The molecule has 21 heavy (non-hydrogen) atoms. The summed E-state index contributed by atoms with van der Waals surface area (Å²) in [6, 6.07) is 6.70. The first-order valence-electron chi connectivity index (χ1n) is 6.10. The van der Waals surface area contributed by atoms with Gasteiger partial charge >= 0.3 is 0 Å². The fourth-order valence-corrected chi connectivity index (χ4v) is 2.79. The van der Waals surface area contributed by atoms with Crippen LogP contribution in [-0.2, 0) is 14.4 Å². The summed E-state index contributed by atoms with van der Waals surface area (Å²) in [4.78, 5) is 35.6. The number of thiocarbonyl (C=S) groups is 1. The monoisotopic (exact) mass is 323 g/mol. The number of hydrogen-bond donors (Lipinski definition) is 2. The number of thioether (sulfide) groups is 1. The van der Waals surface area contributed by atoms with Crippen LogP contribution in [0.3, 0.4) is 0 Å². The Balaban J connectivity index is 1.92. The van der Waals surface area contributed by atoms with Gasteiger partial charge in [-0.05, 0) is 24.3 Å². The minimum atomic E-state index is -0.319. The largest absolute Gasteiger partial charge is 0.326 e. The van der Waals surface area contributed by atoms with Crippen molar-refractivity contribution in [3.05, 3.63) is 24.3 Å². The van der Waals surface area contributed by atoms with E-state index in [2.05, 4.69) is 10.6 Å². The molecule has 0 aromatic heterocycles. The second-order valence-electron chi connectivity index (χ2n) is 4.34. The lowest BCUT2D eigenvalue weighted by atomic mass is 10.2. The maximum atomic E-state index is 11.9. The Hall–Kier alpha value is -1.93. The Morgan fingerprint density at radius 1 is 1.24 bits per heavy atom. The average Bonchev–Trinajstić information content (AvgIpc) is 2.72. The third-order valence-electron chi connectivity index (χ3n) is 2.63. The van der Waals surface area contributed by atoms with Gasteiger partial charge in [0.2, 0.25) is 17.7 Å². The molecule has 1 aliphatic heterocycles. The van der Waals surface area contributed by atoms with Crippen molar-refractivity contribution in [3.8, 4) is 0 Å². The van der Waals surface area contributed by atoms with Gasteiger partial charge in [-0.25, -0.2) is 0 Å². The highest BCUT2D eigenvalue weighted by Crippen LogP contribution is 2.19. The molecule has 1 saturated heterocycles. The second kappa shape index (κ2) is 6.68. The highest BCUT2D eigenvalue weighted by Gasteiger charge is 2.28. The zero-order valence-corrected chi connectivity index (χ0v) is 12.8. The molecule has 0 radical (unpaired) electrons. The third-order valence-corrected chi connectivity index (χ3v) is 4.06. The van der Waals surface area contributed by atoms with E-state index in [1.165, 1.54) is 23.6 Å². The van der Waals surface area contributed by atoms with Crippen molar-refractivity contribution in [2.75, 3.05) is 22.9 Å². The van der Waals surface area contributed by atoms with E-state index in [1.54, 1.807) is 24.3 Å². The van der Waals surface area contributed by atoms with Crippen molar-refractivity contribution >= 4 is 57.4 Å². The first-order chi connectivity index (χ1) is 9.95. The van der Waals surface area contributed by atoms with Crippen LogP contribution in [-0.4, -0.2) is 39.2 Å². The second-order valence-corrected chi connectivity index (χ2v) is 5.95. The van der Waals surface area contributed by atoms with Gasteiger partial charge in [0.05, 0.1) is 5.75 Å². The molecule has 0 aliphatic carbocycles. The van der Waals surface area contributed by atoms with Crippen LogP contribution in [0, 0.1) is 0 Å². The van der Waals surface area contributed by atoms with Crippen molar-refractivity contribution in [3.63, 3.8) is 0 Å². The highest BCUT2D eigenvalue weighted by atomic mass is 32.2. The fraction of sp³-hybridized carbons (Fsp3) is 0.231. The lowest BCUT2D eigenvalue weighted by Gasteiger charge is -2.14. The molecule has 0 unspecified atom stereocenters. The van der Waals surface area contributed by atoms with Crippen LogP contribution in [0.5, 0.6) is 0 Å². The van der Waals surface area contributed by atoms with Crippen molar-refractivity contribution < 1.29 is 14.4 Å². The van der Waals surface area contributed by atoms with Crippen LogP contribution >= 0.6 is 24.0 Å². The number of benzene rings is 1. The Morgan fingerprint density at radius 2 is 1.81 bits per heavy atom. The maximum Gasteiger partial charge on any atom is 0.244 e. The van der Waals surface area contributed by atoms with Gasteiger partial charge in [-0.1, -0.05) is 24.0 Å². The molecule has 2 N–H and O–H groups in total. The van der Waals surface area contributed by atoms with E-state index < -0.39 is 0 Å². The van der Waals surface area contributed by atoms with Crippen LogP contribution in [0.2, 0.25) is 0 Å². The van der Waals surface area contributed by atoms with E-state index in [4.69, 9.17) is 12.2 Å². The predicted molar refractivity (Wildman–Crippen MR) is 86.1 cm³/mol. The normalized spacial score (nSPS) is 14.2. The maximum absolute atomic E-state index is 11.9. The minimum Gasteiger partial charge on any atom is -0.326 e. The van der Waals surface area contributed by atoms with Gasteiger partial charge in [0.25, 0.3) is 0 Å². The van der Waals surface area contributed by atoms with Crippen LogP contribution in [0.4, 0.5) is 11.4 Å². The molecule has 0 bridgehead atoms. The average molecular weight is 323 g/mol. The molecule has 1 aromatic carbocycles.